The van der Waals surface area contributed by atoms with Gasteiger partial charge < -0.3 is 4.90 Å². The van der Waals surface area contributed by atoms with Crippen LogP contribution in [0.25, 0.3) is 0 Å². The molecule has 0 aliphatic carbocycles. The van der Waals surface area contributed by atoms with Crippen molar-refractivity contribution in [2.75, 3.05) is 6.54 Å². The Balaban J connectivity index is 2.34. The number of hydrogen-bond acceptors (Lipinski definition) is 2. The molecule has 1 aliphatic heterocycles. The fourth-order valence-corrected chi connectivity index (χ4v) is 2.51. The Bertz CT molecular complexity index is 460. The molecule has 3 nitrogen and oxygen atoms in total. The van der Waals surface area contributed by atoms with Gasteiger partial charge in [0.2, 0.25) is 0 Å². The fraction of sp³-hybridized carbons (Fsp3) is 0.500. The molecule has 0 N–H and O–H groups in total. The Morgan fingerprint density at radius 3 is 2.71 bits per heavy atom. The molecule has 1 aliphatic rings. The normalized spacial score (nSPS) is 18.5. The lowest BCUT2D eigenvalue weighted by molar-refractivity contribution is 0.0646. The van der Waals surface area contributed by atoms with Gasteiger partial charge in [0.15, 0.2) is 0 Å². The van der Waals surface area contributed by atoms with Gasteiger partial charge in [0.05, 0.1) is 5.02 Å². The number of hydrogen-bond donors (Lipinski definition) is 0. The minimum atomic E-state index is -0.139. The maximum Gasteiger partial charge on any atom is 0.274 e. The maximum atomic E-state index is 12.4. The molecule has 1 saturated heterocycles. The van der Waals surface area contributed by atoms with Gasteiger partial charge in [-0.2, -0.15) is 0 Å². The second-order valence-electron chi connectivity index (χ2n) is 4.84. The molecule has 0 radical (unpaired) electrons. The number of halogens is 2. The Kier molecular flexibility index (Phi) is 3.32. The quantitative estimate of drug-likeness (QED) is 0.735. The highest BCUT2D eigenvalue weighted by Gasteiger charge is 2.37. The number of aromatic nitrogens is 1. The lowest BCUT2D eigenvalue weighted by Gasteiger charge is -2.31. The second kappa shape index (κ2) is 4.46. The number of rotatable bonds is 1. The van der Waals surface area contributed by atoms with Gasteiger partial charge in [-0.3, -0.25) is 4.79 Å². The molecule has 0 atom stereocenters. The first kappa shape index (κ1) is 12.7. The molecule has 0 saturated carbocycles. The standard InChI is InChI=1S/C12H14Cl2N2O/c1-12(2)6-3-7-16(12)11(17)10-8(13)4-5-9(14)15-10/h4-5H,3,6-7H2,1-2H3. The summed E-state index contributed by atoms with van der Waals surface area (Å²) >= 11 is 11.8. The van der Waals surface area contributed by atoms with E-state index in [0.717, 1.165) is 19.4 Å². The molecular weight excluding hydrogens is 259 g/mol. The Hall–Kier alpha value is -0.800. The van der Waals surface area contributed by atoms with E-state index in [1.165, 1.54) is 0 Å². The van der Waals surface area contributed by atoms with E-state index in [4.69, 9.17) is 23.2 Å². The predicted molar refractivity (Wildman–Crippen MR) is 68.6 cm³/mol. The van der Waals surface area contributed by atoms with Crippen molar-refractivity contribution in [3.63, 3.8) is 0 Å². The highest BCUT2D eigenvalue weighted by atomic mass is 35.5. The van der Waals surface area contributed by atoms with E-state index in [9.17, 15) is 4.79 Å². The molecule has 0 spiro atoms. The van der Waals surface area contributed by atoms with E-state index in [-0.39, 0.29) is 22.3 Å². The van der Waals surface area contributed by atoms with Crippen molar-refractivity contribution in [3.8, 4) is 0 Å². The first-order chi connectivity index (χ1) is 7.92. The second-order valence-corrected chi connectivity index (χ2v) is 5.63. The molecule has 1 aromatic rings. The summed E-state index contributed by atoms with van der Waals surface area (Å²) < 4.78 is 0. The highest BCUT2D eigenvalue weighted by molar-refractivity contribution is 6.34. The van der Waals surface area contributed by atoms with Gasteiger partial charge in [-0.05, 0) is 38.8 Å². The van der Waals surface area contributed by atoms with Crippen LogP contribution in [0.3, 0.4) is 0 Å². The smallest absolute Gasteiger partial charge is 0.274 e. The highest BCUT2D eigenvalue weighted by Crippen LogP contribution is 2.31. The average molecular weight is 273 g/mol. The Morgan fingerprint density at radius 2 is 2.12 bits per heavy atom. The number of nitrogens with zero attached hydrogens (tertiary/aromatic N) is 2. The van der Waals surface area contributed by atoms with Crippen LogP contribution in [0, 0.1) is 0 Å². The summed E-state index contributed by atoms with van der Waals surface area (Å²) in [4.78, 5) is 18.2. The van der Waals surface area contributed by atoms with E-state index in [1.54, 1.807) is 12.1 Å². The summed E-state index contributed by atoms with van der Waals surface area (Å²) in [5.41, 5.74) is 0.110. The molecule has 5 heteroatoms. The minimum absolute atomic E-state index is 0.135. The van der Waals surface area contributed by atoms with Crippen LogP contribution < -0.4 is 0 Å². The molecule has 0 aromatic carbocycles. The van der Waals surface area contributed by atoms with E-state index >= 15 is 0 Å². The van der Waals surface area contributed by atoms with Crippen molar-refractivity contribution in [2.45, 2.75) is 32.2 Å². The summed E-state index contributed by atoms with van der Waals surface area (Å²) in [7, 11) is 0. The maximum absolute atomic E-state index is 12.4. The van der Waals surface area contributed by atoms with Crippen LogP contribution >= 0.6 is 23.2 Å². The van der Waals surface area contributed by atoms with Crippen LogP contribution in [0.4, 0.5) is 0 Å². The topological polar surface area (TPSA) is 33.2 Å². The first-order valence-corrected chi connectivity index (χ1v) is 6.31. The number of pyridine rings is 1. The number of likely N-dealkylation sites (tertiary alicyclic amines) is 1. The van der Waals surface area contributed by atoms with Crippen LogP contribution in [0.1, 0.15) is 37.2 Å². The number of carbonyl (C=O) groups is 1. The van der Waals surface area contributed by atoms with Crippen LogP contribution in [-0.4, -0.2) is 27.9 Å². The first-order valence-electron chi connectivity index (χ1n) is 5.56. The summed E-state index contributed by atoms with van der Waals surface area (Å²) in [5, 5.41) is 0.636. The molecule has 17 heavy (non-hydrogen) atoms. The van der Waals surface area contributed by atoms with Crippen molar-refractivity contribution >= 4 is 29.1 Å². The average Bonchev–Trinajstić information content (AvgIpc) is 2.61. The van der Waals surface area contributed by atoms with Crippen molar-refractivity contribution in [1.82, 2.24) is 9.88 Å². The molecule has 1 amide bonds. The van der Waals surface area contributed by atoms with Crippen molar-refractivity contribution in [3.05, 3.63) is 28.0 Å². The van der Waals surface area contributed by atoms with E-state index in [2.05, 4.69) is 18.8 Å². The fourth-order valence-electron chi connectivity index (χ4n) is 2.18. The van der Waals surface area contributed by atoms with Gasteiger partial charge >= 0.3 is 0 Å². The molecule has 0 bridgehead atoms. The van der Waals surface area contributed by atoms with E-state index in [0.29, 0.717) is 5.02 Å². The van der Waals surface area contributed by atoms with E-state index < -0.39 is 0 Å². The lowest BCUT2D eigenvalue weighted by atomic mass is 10.0. The van der Waals surface area contributed by atoms with Crippen LogP contribution in [0.15, 0.2) is 12.1 Å². The molecule has 0 unspecified atom stereocenters. The molecular formula is C12H14Cl2N2O. The van der Waals surface area contributed by atoms with Crippen LogP contribution in [0.2, 0.25) is 10.2 Å². The zero-order chi connectivity index (χ0) is 12.6. The molecule has 1 aromatic heterocycles. The summed E-state index contributed by atoms with van der Waals surface area (Å²) in [5.74, 6) is -0.139. The van der Waals surface area contributed by atoms with Crippen LogP contribution in [0.5, 0.6) is 0 Å². The van der Waals surface area contributed by atoms with Gasteiger partial charge in [-0.1, -0.05) is 23.2 Å². The van der Waals surface area contributed by atoms with Crippen LogP contribution in [-0.2, 0) is 0 Å². The Morgan fingerprint density at radius 1 is 1.41 bits per heavy atom. The van der Waals surface area contributed by atoms with Gasteiger partial charge in [-0.25, -0.2) is 4.98 Å². The lowest BCUT2D eigenvalue weighted by Crippen LogP contribution is -2.43. The van der Waals surface area contributed by atoms with Crippen molar-refractivity contribution < 1.29 is 4.79 Å². The zero-order valence-corrected chi connectivity index (χ0v) is 11.3. The van der Waals surface area contributed by atoms with Gasteiger partial charge in [0, 0.05) is 12.1 Å². The number of carbonyl (C=O) groups excluding carboxylic acids is 1. The molecule has 92 valence electrons. The minimum Gasteiger partial charge on any atom is -0.332 e. The largest absolute Gasteiger partial charge is 0.332 e. The molecule has 2 rings (SSSR count). The van der Waals surface area contributed by atoms with Gasteiger partial charge in [0.25, 0.3) is 5.91 Å². The Labute approximate surface area is 111 Å². The van der Waals surface area contributed by atoms with E-state index in [1.807, 2.05) is 4.90 Å². The summed E-state index contributed by atoms with van der Waals surface area (Å²) in [6.07, 6.45) is 2.01. The SMILES string of the molecule is CC1(C)CCCN1C(=O)c1nc(Cl)ccc1Cl. The van der Waals surface area contributed by atoms with Crippen molar-refractivity contribution in [2.24, 2.45) is 0 Å². The number of amides is 1. The zero-order valence-electron chi connectivity index (χ0n) is 9.83. The summed E-state index contributed by atoms with van der Waals surface area (Å²) in [6.45, 7) is 4.85. The third-order valence-electron chi connectivity index (χ3n) is 3.16. The third-order valence-corrected chi connectivity index (χ3v) is 3.68. The predicted octanol–water partition coefficient (Wildman–Crippen LogP) is 3.40. The van der Waals surface area contributed by atoms with Gasteiger partial charge in [0.1, 0.15) is 10.8 Å². The van der Waals surface area contributed by atoms with Gasteiger partial charge in [-0.15, -0.1) is 0 Å². The third kappa shape index (κ3) is 2.40. The van der Waals surface area contributed by atoms with Crippen molar-refractivity contribution in [1.29, 1.82) is 0 Å². The molecule has 1 fully saturated rings. The monoisotopic (exact) mass is 272 g/mol. The molecule has 2 heterocycles. The summed E-state index contributed by atoms with van der Waals surface area (Å²) in [6, 6.07) is 3.18.